The van der Waals surface area contributed by atoms with Crippen LogP contribution in [0.5, 0.6) is 0 Å². The number of nitrogens with zero attached hydrogens (tertiary/aromatic N) is 1. The van der Waals surface area contributed by atoms with Gasteiger partial charge in [-0.25, -0.2) is 4.98 Å². The molecule has 0 aliphatic carbocycles. The molecule has 1 aliphatic rings. The molecule has 1 aliphatic heterocycles. The predicted octanol–water partition coefficient (Wildman–Crippen LogP) is 1.66. The molecule has 1 unspecified atom stereocenters. The molecule has 2 amide bonds. The summed E-state index contributed by atoms with van der Waals surface area (Å²) in [6, 6.07) is 5.69. The lowest BCUT2D eigenvalue weighted by Crippen LogP contribution is -2.39. The molecule has 1 atom stereocenters. The van der Waals surface area contributed by atoms with Gasteiger partial charge in [0.2, 0.25) is 17.7 Å². The van der Waals surface area contributed by atoms with Crippen LogP contribution in [0.15, 0.2) is 22.6 Å². The van der Waals surface area contributed by atoms with Crippen molar-refractivity contribution in [3.63, 3.8) is 0 Å². The van der Waals surface area contributed by atoms with E-state index < -0.39 is 5.92 Å². The molecule has 92 valence electrons. The molecule has 1 fully saturated rings. The standard InChI is InChI=1S/C13H12N2O3/c1-7-2-4-9-10(6-7)18-13(14-9)8-3-5-11(16)15-12(8)17/h2,4,6,8H,3,5H2,1H3,(H,15,16,17). The normalized spacial score (nSPS) is 20.2. The van der Waals surface area contributed by atoms with Gasteiger partial charge in [0.25, 0.3) is 0 Å². The zero-order valence-electron chi connectivity index (χ0n) is 9.90. The van der Waals surface area contributed by atoms with Gasteiger partial charge in [-0.3, -0.25) is 14.9 Å². The van der Waals surface area contributed by atoms with Gasteiger partial charge in [0.1, 0.15) is 11.4 Å². The van der Waals surface area contributed by atoms with E-state index in [4.69, 9.17) is 4.42 Å². The topological polar surface area (TPSA) is 72.2 Å². The highest BCUT2D eigenvalue weighted by molar-refractivity contribution is 6.00. The third kappa shape index (κ3) is 1.77. The van der Waals surface area contributed by atoms with Crippen LogP contribution in [0.25, 0.3) is 11.1 Å². The van der Waals surface area contributed by atoms with Gasteiger partial charge in [-0.1, -0.05) is 6.07 Å². The molecule has 0 bridgehead atoms. The first kappa shape index (κ1) is 11.0. The summed E-state index contributed by atoms with van der Waals surface area (Å²) >= 11 is 0. The van der Waals surface area contributed by atoms with Gasteiger partial charge in [-0.15, -0.1) is 0 Å². The predicted molar refractivity (Wildman–Crippen MR) is 63.9 cm³/mol. The van der Waals surface area contributed by atoms with E-state index in [0.717, 1.165) is 11.1 Å². The molecular formula is C13H12N2O3. The molecule has 1 aromatic heterocycles. The number of rotatable bonds is 1. The van der Waals surface area contributed by atoms with Crippen molar-refractivity contribution in [2.45, 2.75) is 25.7 Å². The van der Waals surface area contributed by atoms with E-state index in [1.54, 1.807) is 0 Å². The summed E-state index contributed by atoms with van der Waals surface area (Å²) in [5.41, 5.74) is 2.49. The van der Waals surface area contributed by atoms with E-state index in [-0.39, 0.29) is 11.8 Å². The van der Waals surface area contributed by atoms with Crippen molar-refractivity contribution in [2.75, 3.05) is 0 Å². The van der Waals surface area contributed by atoms with Gasteiger partial charge in [0.15, 0.2) is 5.58 Å². The van der Waals surface area contributed by atoms with Crippen LogP contribution in [0.4, 0.5) is 0 Å². The Hall–Kier alpha value is -2.17. The van der Waals surface area contributed by atoms with Crippen LogP contribution in [0.3, 0.4) is 0 Å². The Bertz CT molecular complexity index is 645. The van der Waals surface area contributed by atoms with Crippen LogP contribution in [-0.2, 0) is 9.59 Å². The minimum atomic E-state index is -0.463. The molecule has 1 saturated heterocycles. The third-order valence-corrected chi connectivity index (χ3v) is 3.10. The lowest BCUT2D eigenvalue weighted by molar-refractivity contribution is -0.134. The van der Waals surface area contributed by atoms with Crippen molar-refractivity contribution in [3.05, 3.63) is 29.7 Å². The first-order chi connectivity index (χ1) is 8.63. The number of carbonyl (C=O) groups excluding carboxylic acids is 2. The number of hydrogen-bond donors (Lipinski definition) is 1. The molecule has 0 radical (unpaired) electrons. The van der Waals surface area contributed by atoms with Crippen LogP contribution in [0, 0.1) is 6.92 Å². The maximum Gasteiger partial charge on any atom is 0.239 e. The number of aryl methyl sites for hydroxylation is 1. The lowest BCUT2D eigenvalue weighted by atomic mass is 9.98. The van der Waals surface area contributed by atoms with Gasteiger partial charge in [0.05, 0.1) is 0 Å². The number of nitrogens with one attached hydrogen (secondary N) is 1. The van der Waals surface area contributed by atoms with E-state index in [1.165, 1.54) is 0 Å². The summed E-state index contributed by atoms with van der Waals surface area (Å²) in [7, 11) is 0. The van der Waals surface area contributed by atoms with Gasteiger partial charge >= 0.3 is 0 Å². The molecule has 1 N–H and O–H groups in total. The molecule has 5 nitrogen and oxygen atoms in total. The number of oxazole rings is 1. The summed E-state index contributed by atoms with van der Waals surface area (Å²) in [5.74, 6) is -0.631. The number of carbonyl (C=O) groups is 2. The summed E-state index contributed by atoms with van der Waals surface area (Å²) in [6.07, 6.45) is 0.782. The molecule has 0 saturated carbocycles. The number of aromatic nitrogens is 1. The summed E-state index contributed by atoms with van der Waals surface area (Å²) in [5, 5.41) is 2.31. The van der Waals surface area contributed by atoms with E-state index in [1.807, 2.05) is 25.1 Å². The number of amides is 2. The molecule has 2 heterocycles. The van der Waals surface area contributed by atoms with Crippen molar-refractivity contribution in [1.82, 2.24) is 10.3 Å². The van der Waals surface area contributed by atoms with E-state index >= 15 is 0 Å². The monoisotopic (exact) mass is 244 g/mol. The highest BCUT2D eigenvalue weighted by atomic mass is 16.3. The average Bonchev–Trinajstić information content (AvgIpc) is 2.71. The van der Waals surface area contributed by atoms with Gasteiger partial charge in [-0.2, -0.15) is 0 Å². The van der Waals surface area contributed by atoms with Gasteiger partial charge < -0.3 is 4.42 Å². The van der Waals surface area contributed by atoms with E-state index in [2.05, 4.69) is 10.3 Å². The molecule has 0 spiro atoms. The number of piperidine rings is 1. The second kappa shape index (κ2) is 3.94. The highest BCUT2D eigenvalue weighted by Crippen LogP contribution is 2.27. The van der Waals surface area contributed by atoms with E-state index in [0.29, 0.717) is 24.3 Å². The van der Waals surface area contributed by atoms with Crippen molar-refractivity contribution in [1.29, 1.82) is 0 Å². The van der Waals surface area contributed by atoms with E-state index in [9.17, 15) is 9.59 Å². The number of hydrogen-bond acceptors (Lipinski definition) is 4. The number of fused-ring (bicyclic) bond motifs is 1. The second-order valence-electron chi connectivity index (χ2n) is 4.53. The van der Waals surface area contributed by atoms with Gasteiger partial charge in [0, 0.05) is 6.42 Å². The summed E-state index contributed by atoms with van der Waals surface area (Å²) < 4.78 is 5.61. The highest BCUT2D eigenvalue weighted by Gasteiger charge is 2.31. The van der Waals surface area contributed by atoms with Crippen molar-refractivity contribution >= 4 is 22.9 Å². The minimum absolute atomic E-state index is 0.233. The molecule has 3 rings (SSSR count). The summed E-state index contributed by atoms with van der Waals surface area (Å²) in [4.78, 5) is 27.1. The maximum atomic E-state index is 11.7. The largest absolute Gasteiger partial charge is 0.440 e. The fraction of sp³-hybridized carbons (Fsp3) is 0.308. The first-order valence-corrected chi connectivity index (χ1v) is 5.84. The maximum absolute atomic E-state index is 11.7. The second-order valence-corrected chi connectivity index (χ2v) is 4.53. The fourth-order valence-corrected chi connectivity index (χ4v) is 2.13. The Kier molecular flexibility index (Phi) is 2.40. The van der Waals surface area contributed by atoms with Crippen LogP contribution >= 0.6 is 0 Å². The number of benzene rings is 1. The third-order valence-electron chi connectivity index (χ3n) is 3.10. The van der Waals surface area contributed by atoms with Crippen LogP contribution in [0.2, 0.25) is 0 Å². The Morgan fingerprint density at radius 2 is 2.22 bits per heavy atom. The van der Waals surface area contributed by atoms with Crippen molar-refractivity contribution < 1.29 is 14.0 Å². The Balaban J connectivity index is 1.99. The molecule has 1 aromatic carbocycles. The van der Waals surface area contributed by atoms with Crippen molar-refractivity contribution in [3.8, 4) is 0 Å². The Labute approximate surface area is 103 Å². The fourth-order valence-electron chi connectivity index (χ4n) is 2.13. The smallest absolute Gasteiger partial charge is 0.239 e. The molecule has 5 heteroatoms. The first-order valence-electron chi connectivity index (χ1n) is 5.84. The minimum Gasteiger partial charge on any atom is -0.440 e. The van der Waals surface area contributed by atoms with Crippen molar-refractivity contribution in [2.24, 2.45) is 0 Å². The summed E-state index contributed by atoms with van der Waals surface area (Å²) in [6.45, 7) is 1.97. The average molecular weight is 244 g/mol. The zero-order chi connectivity index (χ0) is 12.7. The molecule has 2 aromatic rings. The lowest BCUT2D eigenvalue weighted by Gasteiger charge is -2.17. The van der Waals surface area contributed by atoms with Gasteiger partial charge in [-0.05, 0) is 31.0 Å². The quantitative estimate of drug-likeness (QED) is 0.774. The molecular weight excluding hydrogens is 232 g/mol. The number of imide groups is 1. The SMILES string of the molecule is Cc1ccc2nc(C3CCC(=O)NC3=O)oc2c1. The van der Waals surface area contributed by atoms with Crippen LogP contribution < -0.4 is 5.32 Å². The van der Waals surface area contributed by atoms with Crippen LogP contribution in [0.1, 0.15) is 30.2 Å². The zero-order valence-corrected chi connectivity index (χ0v) is 9.90. The van der Waals surface area contributed by atoms with Crippen LogP contribution in [-0.4, -0.2) is 16.8 Å². The Morgan fingerprint density at radius 3 is 3.00 bits per heavy atom. The molecule has 18 heavy (non-hydrogen) atoms. The Morgan fingerprint density at radius 1 is 1.39 bits per heavy atom.